The van der Waals surface area contributed by atoms with Gasteiger partial charge in [-0.3, -0.25) is 9.36 Å². The Balaban J connectivity index is 1.90. The van der Waals surface area contributed by atoms with E-state index in [0.717, 1.165) is 11.3 Å². The number of nitrogens with zero attached hydrogens (tertiary/aromatic N) is 2. The van der Waals surface area contributed by atoms with Crippen molar-refractivity contribution >= 4 is 39.3 Å². The summed E-state index contributed by atoms with van der Waals surface area (Å²) in [7, 11) is 2.87. The lowest BCUT2D eigenvalue weighted by Crippen LogP contribution is -2.39. The van der Waals surface area contributed by atoms with Gasteiger partial charge >= 0.3 is 12.6 Å². The standard InChI is InChI=1S/C26H23BrF2N2O6S/c1-5-36-24(33)21-13(2)30-26-31(22(21)15-7-9-17(34-3)16(27)12-15)23(32)20(38-26)11-14-6-8-18(37-25(28)29)19(10-14)35-4/h6-12,22,25H,5H2,1-4H3/b20-11+/t22-/m0/s1. The van der Waals surface area contributed by atoms with Gasteiger partial charge in [-0.25, -0.2) is 9.79 Å². The minimum absolute atomic E-state index is 0.0910. The second-order valence-corrected chi connectivity index (χ2v) is 9.85. The number of benzene rings is 2. The Morgan fingerprint density at radius 3 is 2.50 bits per heavy atom. The van der Waals surface area contributed by atoms with E-state index in [1.807, 2.05) is 0 Å². The molecule has 1 aliphatic rings. The number of aromatic nitrogens is 1. The SMILES string of the molecule is CCOC(=O)C1=C(C)N=c2s/c(=C/c3ccc(OC(F)F)c(OC)c3)c(=O)n2[C@H]1c1ccc(OC)c(Br)c1. The van der Waals surface area contributed by atoms with E-state index in [0.29, 0.717) is 36.4 Å². The van der Waals surface area contributed by atoms with Crippen LogP contribution in [0.5, 0.6) is 17.2 Å². The number of allylic oxidation sites excluding steroid dienone is 1. The summed E-state index contributed by atoms with van der Waals surface area (Å²) in [4.78, 5) is 31.7. The molecule has 0 bridgehead atoms. The van der Waals surface area contributed by atoms with Crippen LogP contribution >= 0.6 is 27.3 Å². The number of carbonyl (C=O) groups is 1. The average molecular weight is 609 g/mol. The van der Waals surface area contributed by atoms with E-state index in [4.69, 9.17) is 14.2 Å². The van der Waals surface area contributed by atoms with Gasteiger partial charge in [-0.1, -0.05) is 23.5 Å². The van der Waals surface area contributed by atoms with E-state index in [-0.39, 0.29) is 29.2 Å². The number of hydrogen-bond donors (Lipinski definition) is 0. The Labute approximate surface area is 228 Å². The molecule has 0 fully saturated rings. The Kier molecular flexibility index (Phi) is 8.32. The van der Waals surface area contributed by atoms with Gasteiger partial charge in [0.05, 0.1) is 47.1 Å². The highest BCUT2D eigenvalue weighted by Gasteiger charge is 2.33. The van der Waals surface area contributed by atoms with Crippen LogP contribution in [0.15, 0.2) is 61.9 Å². The quantitative estimate of drug-likeness (QED) is 0.357. The van der Waals surface area contributed by atoms with E-state index in [1.165, 1.54) is 37.0 Å². The molecule has 8 nitrogen and oxygen atoms in total. The summed E-state index contributed by atoms with van der Waals surface area (Å²) >= 11 is 4.62. The number of ether oxygens (including phenoxy) is 4. The predicted molar refractivity (Wildman–Crippen MR) is 141 cm³/mol. The number of rotatable bonds is 8. The first-order valence-corrected chi connectivity index (χ1v) is 12.9. The molecule has 1 atom stereocenters. The first kappa shape index (κ1) is 27.5. The molecule has 2 aromatic carbocycles. The lowest BCUT2D eigenvalue weighted by atomic mass is 9.96. The molecule has 200 valence electrons. The van der Waals surface area contributed by atoms with Crippen molar-refractivity contribution in [1.82, 2.24) is 4.57 Å². The van der Waals surface area contributed by atoms with Crippen LogP contribution in [-0.2, 0) is 9.53 Å². The molecular formula is C26H23BrF2N2O6S. The third kappa shape index (κ3) is 5.37. The van der Waals surface area contributed by atoms with E-state index in [9.17, 15) is 18.4 Å². The molecule has 4 rings (SSSR count). The van der Waals surface area contributed by atoms with Gasteiger partial charge in [-0.15, -0.1) is 0 Å². The molecule has 12 heteroatoms. The molecule has 0 radical (unpaired) electrons. The van der Waals surface area contributed by atoms with Gasteiger partial charge in [0, 0.05) is 0 Å². The summed E-state index contributed by atoms with van der Waals surface area (Å²) < 4.78 is 48.1. The lowest BCUT2D eigenvalue weighted by molar-refractivity contribution is -0.139. The van der Waals surface area contributed by atoms with E-state index >= 15 is 0 Å². The summed E-state index contributed by atoms with van der Waals surface area (Å²) in [6.07, 6.45) is 1.60. The molecule has 0 N–H and O–H groups in total. The van der Waals surface area contributed by atoms with Crippen LogP contribution in [0.1, 0.15) is 31.0 Å². The second kappa shape index (κ2) is 11.5. The highest BCUT2D eigenvalue weighted by molar-refractivity contribution is 9.10. The number of halogens is 3. The number of fused-ring (bicyclic) bond motifs is 1. The zero-order valence-electron chi connectivity index (χ0n) is 20.8. The lowest BCUT2D eigenvalue weighted by Gasteiger charge is -2.25. The van der Waals surface area contributed by atoms with E-state index in [2.05, 4.69) is 25.7 Å². The summed E-state index contributed by atoms with van der Waals surface area (Å²) in [6, 6.07) is 8.86. The van der Waals surface area contributed by atoms with Crippen molar-refractivity contribution in [3.8, 4) is 17.2 Å². The van der Waals surface area contributed by atoms with Crippen molar-refractivity contribution in [3.63, 3.8) is 0 Å². The summed E-state index contributed by atoms with van der Waals surface area (Å²) in [6.45, 7) is 0.551. The van der Waals surface area contributed by atoms with E-state index < -0.39 is 18.6 Å². The van der Waals surface area contributed by atoms with Gasteiger partial charge in [0.15, 0.2) is 16.3 Å². The molecule has 0 saturated heterocycles. The number of esters is 1. The number of alkyl halides is 2. The van der Waals surface area contributed by atoms with Gasteiger partial charge in [0.1, 0.15) is 5.75 Å². The number of methoxy groups -OCH3 is 2. The van der Waals surface area contributed by atoms with Crippen molar-refractivity contribution in [2.45, 2.75) is 26.5 Å². The van der Waals surface area contributed by atoms with Crippen molar-refractivity contribution < 1.29 is 32.5 Å². The molecule has 0 aliphatic carbocycles. The van der Waals surface area contributed by atoms with Crippen LogP contribution < -0.4 is 29.1 Å². The fraction of sp³-hybridized carbons (Fsp3) is 0.269. The zero-order chi connectivity index (χ0) is 27.6. The molecule has 0 amide bonds. The van der Waals surface area contributed by atoms with Gasteiger partial charge in [0.25, 0.3) is 5.56 Å². The fourth-order valence-corrected chi connectivity index (χ4v) is 5.68. The monoisotopic (exact) mass is 608 g/mol. The number of hydrogen-bond acceptors (Lipinski definition) is 8. The molecule has 0 unspecified atom stereocenters. The van der Waals surface area contributed by atoms with Crippen LogP contribution in [0.4, 0.5) is 8.78 Å². The molecule has 1 aromatic heterocycles. The van der Waals surface area contributed by atoms with Crippen LogP contribution in [0.2, 0.25) is 0 Å². The summed E-state index contributed by atoms with van der Waals surface area (Å²) in [5.41, 5.74) is 1.48. The fourth-order valence-electron chi connectivity index (χ4n) is 4.08. The molecule has 2 heterocycles. The molecule has 1 aliphatic heterocycles. The second-order valence-electron chi connectivity index (χ2n) is 7.99. The predicted octanol–water partition coefficient (Wildman–Crippen LogP) is 4.18. The first-order valence-electron chi connectivity index (χ1n) is 11.3. The van der Waals surface area contributed by atoms with Crippen molar-refractivity contribution in [2.75, 3.05) is 20.8 Å². The van der Waals surface area contributed by atoms with Crippen molar-refractivity contribution in [1.29, 1.82) is 0 Å². The topological polar surface area (TPSA) is 88.4 Å². The third-order valence-corrected chi connectivity index (χ3v) is 7.31. The summed E-state index contributed by atoms with van der Waals surface area (Å²) in [5, 5.41) is 0. The molecular weight excluding hydrogens is 586 g/mol. The zero-order valence-corrected chi connectivity index (χ0v) is 23.2. The maximum absolute atomic E-state index is 13.7. The Morgan fingerprint density at radius 2 is 1.87 bits per heavy atom. The maximum atomic E-state index is 13.7. The van der Waals surface area contributed by atoms with Crippen molar-refractivity contribution in [3.05, 3.63) is 83.0 Å². The molecule has 3 aromatic rings. The van der Waals surface area contributed by atoms with Gasteiger partial charge < -0.3 is 18.9 Å². The minimum atomic E-state index is -3.01. The Hall–Kier alpha value is -3.51. The van der Waals surface area contributed by atoms with Crippen LogP contribution in [0.3, 0.4) is 0 Å². The summed E-state index contributed by atoms with van der Waals surface area (Å²) in [5.74, 6) is -0.0128. The van der Waals surface area contributed by atoms with Crippen LogP contribution in [-0.4, -0.2) is 38.0 Å². The maximum Gasteiger partial charge on any atom is 0.387 e. The highest BCUT2D eigenvalue weighted by Crippen LogP contribution is 2.35. The Bertz CT molecular complexity index is 1600. The smallest absolute Gasteiger partial charge is 0.387 e. The molecule has 0 spiro atoms. The average Bonchev–Trinajstić information content (AvgIpc) is 3.17. The van der Waals surface area contributed by atoms with Gasteiger partial charge in [0.2, 0.25) is 0 Å². The third-order valence-electron chi connectivity index (χ3n) is 5.71. The highest BCUT2D eigenvalue weighted by atomic mass is 79.9. The largest absolute Gasteiger partial charge is 0.496 e. The van der Waals surface area contributed by atoms with E-state index in [1.54, 1.807) is 38.1 Å². The number of carbonyl (C=O) groups excluding carboxylic acids is 1. The Morgan fingerprint density at radius 1 is 1.16 bits per heavy atom. The minimum Gasteiger partial charge on any atom is -0.496 e. The first-order chi connectivity index (χ1) is 18.2. The number of thiazole rings is 1. The molecule has 0 saturated carbocycles. The molecule has 38 heavy (non-hydrogen) atoms. The van der Waals surface area contributed by atoms with Gasteiger partial charge in [-0.05, 0) is 71.2 Å². The van der Waals surface area contributed by atoms with Crippen molar-refractivity contribution in [2.24, 2.45) is 4.99 Å². The van der Waals surface area contributed by atoms with Crippen LogP contribution in [0, 0.1) is 0 Å². The van der Waals surface area contributed by atoms with Gasteiger partial charge in [-0.2, -0.15) is 8.78 Å². The van der Waals surface area contributed by atoms with Crippen LogP contribution in [0.25, 0.3) is 6.08 Å². The normalized spacial score (nSPS) is 15.3.